The van der Waals surface area contributed by atoms with Crippen molar-refractivity contribution in [2.24, 2.45) is 11.0 Å². The second kappa shape index (κ2) is 12.9. The van der Waals surface area contributed by atoms with Gasteiger partial charge in [0.15, 0.2) is 5.71 Å². The molecule has 2 amide bonds. The molecule has 0 saturated carbocycles. The topological polar surface area (TPSA) is 113 Å². The summed E-state index contributed by atoms with van der Waals surface area (Å²) < 4.78 is 16.4. The first kappa shape index (κ1) is 29.5. The molecule has 3 aliphatic rings. The van der Waals surface area contributed by atoms with Crippen molar-refractivity contribution < 1.29 is 28.6 Å². The Labute approximate surface area is 246 Å². The molecule has 3 aliphatic heterocycles. The molecule has 2 aromatic rings. The van der Waals surface area contributed by atoms with Gasteiger partial charge in [-0.25, -0.2) is 9.80 Å². The average Bonchev–Trinajstić information content (AvgIpc) is 3.39. The predicted molar refractivity (Wildman–Crippen MR) is 160 cm³/mol. The number of benzene rings is 2. The summed E-state index contributed by atoms with van der Waals surface area (Å²) in [6.07, 6.45) is 2.88. The van der Waals surface area contributed by atoms with Crippen LogP contribution in [-0.4, -0.2) is 80.6 Å². The number of nitrogens with one attached hydrogen (secondary N) is 1. The second-order valence-corrected chi connectivity index (χ2v) is 10.5. The molecule has 2 aromatic carbocycles. The molecule has 2 saturated heterocycles. The van der Waals surface area contributed by atoms with Crippen molar-refractivity contribution in [3.63, 3.8) is 0 Å². The number of amides is 2. The van der Waals surface area contributed by atoms with E-state index < -0.39 is 17.6 Å². The van der Waals surface area contributed by atoms with Crippen LogP contribution in [0.3, 0.4) is 0 Å². The molecule has 0 spiro atoms. The first-order valence-corrected chi connectivity index (χ1v) is 14.7. The Hall–Kier alpha value is -3.96. The van der Waals surface area contributed by atoms with Gasteiger partial charge in [-0.05, 0) is 74.7 Å². The molecule has 2 fully saturated rings. The highest BCUT2D eigenvalue weighted by Crippen LogP contribution is 2.43. The Balaban J connectivity index is 1.56. The SMILES string of the molecule is CCOC(=O)C1=NN(c2ccc(OC)cc2)C(C(=O)Nc2ccc(N3CCCCC3=O)cc2)(N2CCOCC2)C1CC. The first-order chi connectivity index (χ1) is 20.4. The van der Waals surface area contributed by atoms with Crippen molar-refractivity contribution in [2.45, 2.75) is 45.2 Å². The number of piperidine rings is 1. The largest absolute Gasteiger partial charge is 0.497 e. The standard InChI is InChI=1S/C31H39N5O6/c1-4-26-28(29(38)42-5-2)33-36(24-13-15-25(40-3)16-14-24)31(26,34-18-20-41-21-19-34)30(39)32-22-9-11-23(12-10-22)35-17-7-6-8-27(35)37/h9-16,26H,4-8,17-21H2,1-3H3,(H,32,39). The molecule has 1 N–H and O–H groups in total. The molecule has 11 heteroatoms. The van der Waals surface area contributed by atoms with Gasteiger partial charge in [-0.3, -0.25) is 14.5 Å². The van der Waals surface area contributed by atoms with E-state index in [4.69, 9.17) is 19.3 Å². The molecular weight excluding hydrogens is 538 g/mol. The van der Waals surface area contributed by atoms with E-state index in [9.17, 15) is 14.4 Å². The highest BCUT2D eigenvalue weighted by atomic mass is 16.5. The van der Waals surface area contributed by atoms with Crippen LogP contribution in [0.15, 0.2) is 53.6 Å². The number of esters is 1. The van der Waals surface area contributed by atoms with E-state index in [1.54, 1.807) is 36.1 Å². The number of hydrogen-bond donors (Lipinski definition) is 1. The van der Waals surface area contributed by atoms with Gasteiger partial charge in [0.1, 0.15) is 5.75 Å². The molecule has 224 valence electrons. The number of nitrogens with zero attached hydrogens (tertiary/aromatic N) is 4. The van der Waals surface area contributed by atoms with Crippen LogP contribution in [0.2, 0.25) is 0 Å². The van der Waals surface area contributed by atoms with Crippen LogP contribution < -0.4 is 20.0 Å². The molecule has 0 aromatic heterocycles. The van der Waals surface area contributed by atoms with Crippen molar-refractivity contribution in [2.75, 3.05) is 61.8 Å². The molecule has 3 heterocycles. The summed E-state index contributed by atoms with van der Waals surface area (Å²) in [5, 5.41) is 9.59. The molecule has 2 unspecified atom stereocenters. The predicted octanol–water partition coefficient (Wildman–Crippen LogP) is 3.64. The third kappa shape index (κ3) is 5.46. The maximum atomic E-state index is 14.7. The normalized spacial score (nSPS) is 23.0. The lowest BCUT2D eigenvalue weighted by Crippen LogP contribution is -2.70. The number of anilines is 3. The number of carbonyl (C=O) groups is 3. The number of methoxy groups -OCH3 is 1. The highest BCUT2D eigenvalue weighted by molar-refractivity contribution is 6.39. The third-order valence-electron chi connectivity index (χ3n) is 8.14. The van der Waals surface area contributed by atoms with Crippen LogP contribution in [0.25, 0.3) is 0 Å². The zero-order valence-corrected chi connectivity index (χ0v) is 24.5. The van der Waals surface area contributed by atoms with E-state index >= 15 is 0 Å². The summed E-state index contributed by atoms with van der Waals surface area (Å²) in [4.78, 5) is 44.3. The van der Waals surface area contributed by atoms with Crippen molar-refractivity contribution in [1.29, 1.82) is 0 Å². The minimum atomic E-state index is -1.38. The van der Waals surface area contributed by atoms with Crippen LogP contribution in [0, 0.1) is 5.92 Å². The van der Waals surface area contributed by atoms with Crippen molar-refractivity contribution in [3.8, 4) is 5.75 Å². The average molecular weight is 578 g/mol. The molecule has 42 heavy (non-hydrogen) atoms. The van der Waals surface area contributed by atoms with Crippen LogP contribution in [0.1, 0.15) is 39.5 Å². The van der Waals surface area contributed by atoms with Gasteiger partial charge < -0.3 is 24.4 Å². The molecular formula is C31H39N5O6. The summed E-state index contributed by atoms with van der Waals surface area (Å²) >= 11 is 0. The fourth-order valence-electron chi connectivity index (χ4n) is 6.12. The van der Waals surface area contributed by atoms with Crippen molar-refractivity contribution in [1.82, 2.24) is 4.90 Å². The number of hydrogen-bond acceptors (Lipinski definition) is 9. The summed E-state index contributed by atoms with van der Waals surface area (Å²) in [7, 11) is 1.59. The Kier molecular flexibility index (Phi) is 9.08. The van der Waals surface area contributed by atoms with Gasteiger partial charge in [0.05, 0.1) is 38.5 Å². The number of hydrazone groups is 1. The summed E-state index contributed by atoms with van der Waals surface area (Å²) in [5.74, 6) is -0.687. The third-order valence-corrected chi connectivity index (χ3v) is 8.14. The lowest BCUT2D eigenvalue weighted by molar-refractivity contribution is -0.136. The minimum Gasteiger partial charge on any atom is -0.497 e. The smallest absolute Gasteiger partial charge is 0.354 e. The quantitative estimate of drug-likeness (QED) is 0.450. The van der Waals surface area contributed by atoms with Crippen molar-refractivity contribution in [3.05, 3.63) is 48.5 Å². The summed E-state index contributed by atoms with van der Waals surface area (Å²) in [6, 6.07) is 14.6. The summed E-state index contributed by atoms with van der Waals surface area (Å²) in [6.45, 7) is 6.40. The zero-order valence-electron chi connectivity index (χ0n) is 24.5. The number of morpholine rings is 1. The Morgan fingerprint density at radius 2 is 1.69 bits per heavy atom. The lowest BCUT2D eigenvalue weighted by Gasteiger charge is -2.48. The molecule has 11 nitrogen and oxygen atoms in total. The van der Waals surface area contributed by atoms with Crippen LogP contribution in [-0.2, 0) is 23.9 Å². The maximum Gasteiger partial charge on any atom is 0.354 e. The molecule has 0 bridgehead atoms. The first-order valence-electron chi connectivity index (χ1n) is 14.7. The van der Waals surface area contributed by atoms with E-state index in [-0.39, 0.29) is 24.1 Å². The van der Waals surface area contributed by atoms with Gasteiger partial charge in [-0.2, -0.15) is 5.10 Å². The molecule has 0 aliphatic carbocycles. The maximum absolute atomic E-state index is 14.7. The van der Waals surface area contributed by atoms with E-state index in [0.717, 1.165) is 18.5 Å². The second-order valence-electron chi connectivity index (χ2n) is 10.5. The van der Waals surface area contributed by atoms with E-state index in [1.165, 1.54) is 0 Å². The number of ether oxygens (including phenoxy) is 3. The Morgan fingerprint density at radius 3 is 2.31 bits per heavy atom. The van der Waals surface area contributed by atoms with Crippen LogP contribution in [0.5, 0.6) is 5.75 Å². The van der Waals surface area contributed by atoms with E-state index in [1.807, 2.05) is 43.3 Å². The van der Waals surface area contributed by atoms with E-state index in [2.05, 4.69) is 10.2 Å². The Morgan fingerprint density at radius 1 is 1.00 bits per heavy atom. The summed E-state index contributed by atoms with van der Waals surface area (Å²) in [5.41, 5.74) is 0.844. The highest BCUT2D eigenvalue weighted by Gasteiger charge is 2.62. The fourth-order valence-corrected chi connectivity index (χ4v) is 6.12. The zero-order chi connectivity index (χ0) is 29.7. The van der Waals surface area contributed by atoms with Gasteiger partial charge in [-0.1, -0.05) is 6.92 Å². The number of carbonyl (C=O) groups excluding carboxylic acids is 3. The van der Waals surface area contributed by atoms with Gasteiger partial charge in [0, 0.05) is 37.4 Å². The Bertz CT molecular complexity index is 1310. The molecule has 5 rings (SSSR count). The van der Waals surface area contributed by atoms with Gasteiger partial charge in [0.2, 0.25) is 11.6 Å². The minimum absolute atomic E-state index is 0.111. The van der Waals surface area contributed by atoms with Crippen molar-refractivity contribution >= 4 is 40.6 Å². The lowest BCUT2D eigenvalue weighted by atomic mass is 9.83. The van der Waals surface area contributed by atoms with Gasteiger partial charge in [-0.15, -0.1) is 0 Å². The molecule has 0 radical (unpaired) electrons. The van der Waals surface area contributed by atoms with Gasteiger partial charge >= 0.3 is 5.97 Å². The van der Waals surface area contributed by atoms with Crippen LogP contribution in [0.4, 0.5) is 17.1 Å². The molecule has 2 atom stereocenters. The van der Waals surface area contributed by atoms with E-state index in [0.29, 0.717) is 62.8 Å². The van der Waals surface area contributed by atoms with Crippen LogP contribution >= 0.6 is 0 Å². The number of rotatable bonds is 9. The van der Waals surface area contributed by atoms with Gasteiger partial charge in [0.25, 0.3) is 5.91 Å². The monoisotopic (exact) mass is 577 g/mol. The fraction of sp³-hybridized carbons (Fsp3) is 0.484.